The van der Waals surface area contributed by atoms with E-state index in [2.05, 4.69) is 41.4 Å². The van der Waals surface area contributed by atoms with Crippen molar-refractivity contribution in [3.8, 4) is 0 Å². The van der Waals surface area contributed by atoms with Gasteiger partial charge < -0.3 is 4.90 Å². The zero-order valence-corrected chi connectivity index (χ0v) is 13.7. The molecule has 3 nitrogen and oxygen atoms in total. The molecule has 2 saturated heterocycles. The molecule has 0 radical (unpaired) electrons. The summed E-state index contributed by atoms with van der Waals surface area (Å²) in [6, 6.07) is 9.03. The van der Waals surface area contributed by atoms with Gasteiger partial charge in [0.1, 0.15) is 6.17 Å². The fraction of sp³-hybridized carbons (Fsp3) is 0.588. The first-order chi connectivity index (χ1) is 10.2. The number of hydrogen-bond donors (Lipinski definition) is 1. The molecule has 2 fully saturated rings. The first-order valence-electron chi connectivity index (χ1n) is 7.95. The third-order valence-corrected chi connectivity index (χ3v) is 5.65. The Morgan fingerprint density at radius 1 is 1.24 bits per heavy atom. The third-order valence-electron chi connectivity index (χ3n) is 4.60. The van der Waals surface area contributed by atoms with Crippen LogP contribution in [0.5, 0.6) is 0 Å². The van der Waals surface area contributed by atoms with Crippen LogP contribution in [0.4, 0.5) is 0 Å². The number of nitrogens with one attached hydrogen (secondary N) is 1. The second-order valence-corrected chi connectivity index (χ2v) is 7.20. The number of carbonyl (C=O) groups excluding carboxylic acids is 1. The second kappa shape index (κ2) is 6.41. The highest BCUT2D eigenvalue weighted by Gasteiger charge is 2.41. The number of benzene rings is 1. The predicted octanol–water partition coefficient (Wildman–Crippen LogP) is 2.96. The molecule has 0 aromatic heterocycles. The summed E-state index contributed by atoms with van der Waals surface area (Å²) < 4.78 is 0. The predicted molar refractivity (Wildman–Crippen MR) is 88.4 cm³/mol. The van der Waals surface area contributed by atoms with Crippen LogP contribution in [-0.4, -0.2) is 34.4 Å². The van der Waals surface area contributed by atoms with E-state index in [-0.39, 0.29) is 18.1 Å². The first-order valence-corrected chi connectivity index (χ1v) is 9.11. The van der Waals surface area contributed by atoms with Gasteiger partial charge in [-0.3, -0.25) is 10.1 Å². The minimum absolute atomic E-state index is 0.0477. The van der Waals surface area contributed by atoms with Gasteiger partial charge in [-0.25, -0.2) is 0 Å². The van der Waals surface area contributed by atoms with Crippen molar-refractivity contribution in [1.82, 2.24) is 10.2 Å². The van der Waals surface area contributed by atoms with E-state index in [9.17, 15) is 4.79 Å². The number of hydrogen-bond acceptors (Lipinski definition) is 3. The van der Waals surface area contributed by atoms with Crippen molar-refractivity contribution in [3.05, 3.63) is 35.4 Å². The normalized spacial score (nSPS) is 27.3. The van der Waals surface area contributed by atoms with Crippen molar-refractivity contribution in [2.75, 3.05) is 11.5 Å². The number of aryl methyl sites for hydroxylation is 1. The van der Waals surface area contributed by atoms with Gasteiger partial charge in [0.05, 0.1) is 6.04 Å². The molecule has 3 rings (SSSR count). The van der Waals surface area contributed by atoms with Gasteiger partial charge in [0, 0.05) is 6.04 Å². The molecule has 1 amide bonds. The first kappa shape index (κ1) is 14.9. The highest BCUT2D eigenvalue weighted by molar-refractivity contribution is 7.99. The lowest BCUT2D eigenvalue weighted by molar-refractivity contribution is -0.132. The van der Waals surface area contributed by atoms with Gasteiger partial charge in [-0.05, 0) is 48.8 Å². The molecule has 0 spiro atoms. The van der Waals surface area contributed by atoms with E-state index in [4.69, 9.17) is 0 Å². The Labute approximate surface area is 131 Å². The molecule has 21 heavy (non-hydrogen) atoms. The molecule has 1 aromatic carbocycles. The zero-order valence-electron chi connectivity index (χ0n) is 12.8. The molecule has 2 heterocycles. The van der Waals surface area contributed by atoms with Crippen molar-refractivity contribution in [2.45, 2.75) is 51.4 Å². The van der Waals surface area contributed by atoms with Crippen LogP contribution in [0.1, 0.15) is 44.0 Å². The SMILES string of the molecule is CCc1ccc(C2NC(C)C(=O)N2C2CCSCC2)cc1. The van der Waals surface area contributed by atoms with Gasteiger partial charge in [-0.2, -0.15) is 11.8 Å². The van der Waals surface area contributed by atoms with Gasteiger partial charge in [0.25, 0.3) is 0 Å². The monoisotopic (exact) mass is 304 g/mol. The molecule has 114 valence electrons. The summed E-state index contributed by atoms with van der Waals surface area (Å²) in [5.41, 5.74) is 2.56. The summed E-state index contributed by atoms with van der Waals surface area (Å²) in [5, 5.41) is 3.47. The largest absolute Gasteiger partial charge is 0.319 e. The summed E-state index contributed by atoms with van der Waals surface area (Å²) >= 11 is 2.00. The van der Waals surface area contributed by atoms with Crippen molar-refractivity contribution < 1.29 is 4.79 Å². The number of amides is 1. The minimum atomic E-state index is -0.0737. The molecule has 1 N–H and O–H groups in total. The average molecular weight is 304 g/mol. The van der Waals surface area contributed by atoms with Crippen LogP contribution < -0.4 is 5.32 Å². The van der Waals surface area contributed by atoms with E-state index in [1.807, 2.05) is 18.7 Å². The molecule has 0 aliphatic carbocycles. The maximum atomic E-state index is 12.6. The zero-order chi connectivity index (χ0) is 14.8. The molecule has 2 atom stereocenters. The van der Waals surface area contributed by atoms with Crippen LogP contribution in [0.2, 0.25) is 0 Å². The molecule has 0 saturated carbocycles. The Balaban J connectivity index is 1.85. The topological polar surface area (TPSA) is 32.3 Å². The Hall–Kier alpha value is -1.00. The standard InChI is InChI=1S/C17H24N2OS/c1-3-13-4-6-14(7-5-13)16-18-12(2)17(20)19(16)15-8-10-21-11-9-15/h4-7,12,15-16,18H,3,8-11H2,1-2H3. The van der Waals surface area contributed by atoms with E-state index in [0.717, 1.165) is 19.3 Å². The van der Waals surface area contributed by atoms with Crippen molar-refractivity contribution >= 4 is 17.7 Å². The quantitative estimate of drug-likeness (QED) is 0.932. The second-order valence-electron chi connectivity index (χ2n) is 5.98. The van der Waals surface area contributed by atoms with Gasteiger partial charge in [0.2, 0.25) is 5.91 Å². The Kier molecular flexibility index (Phi) is 4.55. The molecule has 2 unspecified atom stereocenters. The van der Waals surface area contributed by atoms with Crippen LogP contribution in [0, 0.1) is 0 Å². The van der Waals surface area contributed by atoms with E-state index >= 15 is 0 Å². The highest BCUT2D eigenvalue weighted by atomic mass is 32.2. The Bertz CT molecular complexity index is 496. The van der Waals surface area contributed by atoms with E-state index in [0.29, 0.717) is 6.04 Å². The number of rotatable bonds is 3. The van der Waals surface area contributed by atoms with Gasteiger partial charge >= 0.3 is 0 Å². The Morgan fingerprint density at radius 3 is 2.52 bits per heavy atom. The summed E-state index contributed by atoms with van der Waals surface area (Å²) in [6.45, 7) is 4.15. The van der Waals surface area contributed by atoms with Crippen molar-refractivity contribution in [1.29, 1.82) is 0 Å². The van der Waals surface area contributed by atoms with Crippen LogP contribution in [-0.2, 0) is 11.2 Å². The molecule has 2 aliphatic heterocycles. The molecule has 0 bridgehead atoms. The molecular weight excluding hydrogens is 280 g/mol. The lowest BCUT2D eigenvalue weighted by atomic mass is 10.0. The summed E-state index contributed by atoms with van der Waals surface area (Å²) in [7, 11) is 0. The van der Waals surface area contributed by atoms with Crippen LogP contribution >= 0.6 is 11.8 Å². The van der Waals surface area contributed by atoms with E-state index in [1.165, 1.54) is 22.6 Å². The van der Waals surface area contributed by atoms with Gasteiger partial charge in [-0.15, -0.1) is 0 Å². The molecule has 2 aliphatic rings. The smallest absolute Gasteiger partial charge is 0.241 e. The highest BCUT2D eigenvalue weighted by Crippen LogP contribution is 2.32. The molecular formula is C17H24N2OS. The third kappa shape index (κ3) is 2.97. The fourth-order valence-electron chi connectivity index (χ4n) is 3.29. The lowest BCUT2D eigenvalue weighted by Crippen LogP contribution is -2.42. The molecule has 4 heteroatoms. The summed E-state index contributed by atoms with van der Waals surface area (Å²) in [4.78, 5) is 14.7. The van der Waals surface area contributed by atoms with Gasteiger partial charge in [-0.1, -0.05) is 31.2 Å². The van der Waals surface area contributed by atoms with Gasteiger partial charge in [0.15, 0.2) is 0 Å². The number of thioether (sulfide) groups is 1. The summed E-state index contributed by atoms with van der Waals surface area (Å²) in [6.07, 6.45) is 3.34. The maximum absolute atomic E-state index is 12.6. The van der Waals surface area contributed by atoms with E-state index in [1.54, 1.807) is 0 Å². The Morgan fingerprint density at radius 2 is 1.90 bits per heavy atom. The van der Waals surface area contributed by atoms with E-state index < -0.39 is 0 Å². The van der Waals surface area contributed by atoms with Crippen molar-refractivity contribution in [3.63, 3.8) is 0 Å². The number of carbonyl (C=O) groups is 1. The minimum Gasteiger partial charge on any atom is -0.319 e. The van der Waals surface area contributed by atoms with Crippen LogP contribution in [0.3, 0.4) is 0 Å². The number of nitrogens with zero attached hydrogens (tertiary/aromatic N) is 1. The maximum Gasteiger partial charge on any atom is 0.241 e. The van der Waals surface area contributed by atoms with Crippen LogP contribution in [0.15, 0.2) is 24.3 Å². The summed E-state index contributed by atoms with van der Waals surface area (Å²) in [5.74, 6) is 2.60. The molecule has 1 aromatic rings. The fourth-order valence-corrected chi connectivity index (χ4v) is 4.37. The lowest BCUT2D eigenvalue weighted by Gasteiger charge is -2.35. The van der Waals surface area contributed by atoms with Crippen molar-refractivity contribution in [2.24, 2.45) is 0 Å². The average Bonchev–Trinajstić information content (AvgIpc) is 2.84. The van der Waals surface area contributed by atoms with Crippen LogP contribution in [0.25, 0.3) is 0 Å².